The first-order valence-electron chi connectivity index (χ1n) is 8.05. The van der Waals surface area contributed by atoms with Crippen molar-refractivity contribution < 1.29 is 13.2 Å². The van der Waals surface area contributed by atoms with Crippen molar-refractivity contribution in [2.45, 2.75) is 19.4 Å². The number of hydrogen-bond acceptors (Lipinski definition) is 3. The zero-order valence-corrected chi connectivity index (χ0v) is 15.2. The van der Waals surface area contributed by atoms with Crippen molar-refractivity contribution >= 4 is 33.2 Å². The highest BCUT2D eigenvalue weighted by Gasteiger charge is 2.27. The summed E-state index contributed by atoms with van der Waals surface area (Å²) >= 11 is 5.99. The number of amides is 1. The second-order valence-electron chi connectivity index (χ2n) is 5.95. The fraction of sp³-hybridized carbons (Fsp3) is 0.278. The molecule has 0 fully saturated rings. The second-order valence-corrected chi connectivity index (χ2v) is 8.44. The highest BCUT2D eigenvalue weighted by molar-refractivity contribution is 7.89. The standard InChI is InChI=1S/C18H19ClN2O3S/c19-16-7-3-4-8-17(16)20-18(22)10-12-25(23,24)21-11-9-14-5-1-2-6-15(14)13-21/h1-8H,9-13H2,(H,20,22). The number of carbonyl (C=O) groups excluding carboxylic acids is 1. The SMILES string of the molecule is O=C(CCS(=O)(=O)N1CCc2ccccc2C1)Nc1ccccc1Cl. The Morgan fingerprint density at radius 3 is 2.52 bits per heavy atom. The molecular formula is C18H19ClN2O3S. The molecule has 5 nitrogen and oxygen atoms in total. The number of benzene rings is 2. The molecule has 0 saturated carbocycles. The molecule has 0 aliphatic carbocycles. The van der Waals surface area contributed by atoms with E-state index in [9.17, 15) is 13.2 Å². The van der Waals surface area contributed by atoms with Crippen molar-refractivity contribution in [2.75, 3.05) is 17.6 Å². The van der Waals surface area contributed by atoms with E-state index in [-0.39, 0.29) is 18.1 Å². The van der Waals surface area contributed by atoms with Crippen molar-refractivity contribution in [1.29, 1.82) is 0 Å². The molecule has 25 heavy (non-hydrogen) atoms. The second kappa shape index (κ2) is 7.56. The number of fused-ring (bicyclic) bond motifs is 1. The first-order valence-corrected chi connectivity index (χ1v) is 10.0. The summed E-state index contributed by atoms with van der Waals surface area (Å²) in [5, 5.41) is 3.07. The molecule has 0 unspecified atom stereocenters. The third kappa shape index (κ3) is 4.39. The lowest BCUT2D eigenvalue weighted by molar-refractivity contribution is -0.115. The van der Waals surface area contributed by atoms with Gasteiger partial charge in [0.1, 0.15) is 0 Å². The summed E-state index contributed by atoms with van der Waals surface area (Å²) in [5.74, 6) is -0.583. The van der Waals surface area contributed by atoms with Crippen LogP contribution in [0.4, 0.5) is 5.69 Å². The number of anilines is 1. The lowest BCUT2D eigenvalue weighted by Gasteiger charge is -2.28. The van der Waals surface area contributed by atoms with Gasteiger partial charge in [0.25, 0.3) is 0 Å². The van der Waals surface area contributed by atoms with Gasteiger partial charge < -0.3 is 5.32 Å². The summed E-state index contributed by atoms with van der Waals surface area (Å²) < 4.78 is 26.5. The molecule has 2 aromatic carbocycles. The number of para-hydroxylation sites is 1. The largest absolute Gasteiger partial charge is 0.325 e. The lowest BCUT2D eigenvalue weighted by atomic mass is 10.0. The Kier molecular flexibility index (Phi) is 5.42. The minimum absolute atomic E-state index is 0.105. The van der Waals surface area contributed by atoms with Crippen LogP contribution in [-0.4, -0.2) is 30.9 Å². The van der Waals surface area contributed by atoms with Gasteiger partial charge in [0.2, 0.25) is 15.9 Å². The fourth-order valence-electron chi connectivity index (χ4n) is 2.83. The van der Waals surface area contributed by atoms with Crippen molar-refractivity contribution in [3.63, 3.8) is 0 Å². The number of sulfonamides is 1. The van der Waals surface area contributed by atoms with E-state index in [1.807, 2.05) is 24.3 Å². The highest BCUT2D eigenvalue weighted by atomic mass is 35.5. The van der Waals surface area contributed by atoms with E-state index in [1.165, 1.54) is 9.87 Å². The predicted molar refractivity (Wildman–Crippen MR) is 99.0 cm³/mol. The molecule has 1 aliphatic rings. The number of carbonyl (C=O) groups is 1. The van der Waals surface area contributed by atoms with Crippen LogP contribution in [0.5, 0.6) is 0 Å². The van der Waals surface area contributed by atoms with Crippen LogP contribution in [0.1, 0.15) is 17.5 Å². The van der Waals surface area contributed by atoms with E-state index in [1.54, 1.807) is 24.3 Å². The minimum atomic E-state index is -3.48. The molecule has 0 spiro atoms. The van der Waals surface area contributed by atoms with Crippen molar-refractivity contribution in [2.24, 2.45) is 0 Å². The Hall–Kier alpha value is -1.89. The van der Waals surface area contributed by atoms with Crippen LogP contribution in [0.3, 0.4) is 0 Å². The smallest absolute Gasteiger partial charge is 0.225 e. The summed E-state index contributed by atoms with van der Waals surface area (Å²) in [7, 11) is -3.48. The Labute approximate surface area is 152 Å². The molecule has 2 aromatic rings. The minimum Gasteiger partial charge on any atom is -0.325 e. The Balaban J connectivity index is 1.59. The summed E-state index contributed by atoms with van der Waals surface area (Å²) in [5.41, 5.74) is 2.70. The summed E-state index contributed by atoms with van der Waals surface area (Å²) in [6.45, 7) is 0.816. The maximum atomic E-state index is 12.5. The van der Waals surface area contributed by atoms with Crippen molar-refractivity contribution in [3.05, 3.63) is 64.7 Å². The van der Waals surface area contributed by atoms with Crippen LogP contribution in [-0.2, 0) is 27.8 Å². The lowest BCUT2D eigenvalue weighted by Crippen LogP contribution is -2.38. The van der Waals surface area contributed by atoms with Gasteiger partial charge in [0, 0.05) is 19.5 Å². The molecule has 1 amide bonds. The van der Waals surface area contributed by atoms with Gasteiger partial charge in [-0.15, -0.1) is 0 Å². The van der Waals surface area contributed by atoms with E-state index in [2.05, 4.69) is 5.32 Å². The van der Waals surface area contributed by atoms with Crippen LogP contribution >= 0.6 is 11.6 Å². The predicted octanol–water partition coefficient (Wildman–Crippen LogP) is 3.06. The van der Waals surface area contributed by atoms with E-state index < -0.39 is 10.0 Å². The van der Waals surface area contributed by atoms with Crippen molar-refractivity contribution in [3.8, 4) is 0 Å². The number of halogens is 1. The highest BCUT2D eigenvalue weighted by Crippen LogP contribution is 2.22. The van der Waals surface area contributed by atoms with E-state index in [4.69, 9.17) is 11.6 Å². The fourth-order valence-corrected chi connectivity index (χ4v) is 4.42. The summed E-state index contributed by atoms with van der Waals surface area (Å²) in [6, 6.07) is 14.7. The molecule has 3 rings (SSSR count). The molecule has 132 valence electrons. The third-order valence-electron chi connectivity index (χ3n) is 4.22. The number of rotatable bonds is 5. The van der Waals surface area contributed by atoms with Gasteiger partial charge in [-0.25, -0.2) is 8.42 Å². The molecule has 1 heterocycles. The van der Waals surface area contributed by atoms with Crippen LogP contribution < -0.4 is 5.32 Å². The Morgan fingerprint density at radius 1 is 1.08 bits per heavy atom. The van der Waals surface area contributed by atoms with Crippen LogP contribution in [0.25, 0.3) is 0 Å². The van der Waals surface area contributed by atoms with Crippen LogP contribution in [0, 0.1) is 0 Å². The van der Waals surface area contributed by atoms with Crippen molar-refractivity contribution in [1.82, 2.24) is 4.31 Å². The Bertz CT molecular complexity index is 883. The van der Waals surface area contributed by atoms with Gasteiger partial charge in [-0.05, 0) is 29.7 Å². The van der Waals surface area contributed by atoms with Gasteiger partial charge in [0.15, 0.2) is 0 Å². The van der Waals surface area contributed by atoms with Gasteiger partial charge >= 0.3 is 0 Å². The summed E-state index contributed by atoms with van der Waals surface area (Å²) in [4.78, 5) is 12.0. The molecule has 1 N–H and O–H groups in total. The van der Waals surface area contributed by atoms with Gasteiger partial charge in [-0.3, -0.25) is 4.79 Å². The third-order valence-corrected chi connectivity index (χ3v) is 6.37. The molecule has 0 aromatic heterocycles. The maximum absolute atomic E-state index is 12.5. The maximum Gasteiger partial charge on any atom is 0.225 e. The number of nitrogens with zero attached hydrogens (tertiary/aromatic N) is 1. The summed E-state index contributed by atoms with van der Waals surface area (Å²) in [6.07, 6.45) is 0.590. The zero-order chi connectivity index (χ0) is 17.9. The first kappa shape index (κ1) is 17.9. The van der Waals surface area contributed by atoms with E-state index in [0.717, 1.165) is 5.56 Å². The average Bonchev–Trinajstić information content (AvgIpc) is 2.62. The van der Waals surface area contributed by atoms with Crippen LogP contribution in [0.15, 0.2) is 48.5 Å². The van der Waals surface area contributed by atoms with E-state index >= 15 is 0 Å². The van der Waals surface area contributed by atoms with Crippen LogP contribution in [0.2, 0.25) is 5.02 Å². The van der Waals surface area contributed by atoms with Gasteiger partial charge in [0.05, 0.1) is 16.5 Å². The molecule has 0 radical (unpaired) electrons. The monoisotopic (exact) mass is 378 g/mol. The molecule has 0 saturated heterocycles. The normalized spacial score (nSPS) is 14.8. The van der Waals surface area contributed by atoms with Gasteiger partial charge in [-0.2, -0.15) is 4.31 Å². The topological polar surface area (TPSA) is 66.5 Å². The Morgan fingerprint density at radius 2 is 1.76 bits per heavy atom. The molecular weight excluding hydrogens is 360 g/mol. The van der Waals surface area contributed by atoms with E-state index in [0.29, 0.717) is 30.2 Å². The molecule has 7 heteroatoms. The van der Waals surface area contributed by atoms with Gasteiger partial charge in [-0.1, -0.05) is 48.0 Å². The zero-order valence-electron chi connectivity index (χ0n) is 13.6. The molecule has 0 bridgehead atoms. The molecule has 0 atom stereocenters. The molecule has 1 aliphatic heterocycles. The number of nitrogens with one attached hydrogen (secondary N) is 1. The number of hydrogen-bond donors (Lipinski definition) is 1. The average molecular weight is 379 g/mol. The quantitative estimate of drug-likeness (QED) is 0.869. The first-order chi connectivity index (χ1) is 12.0.